The van der Waals surface area contributed by atoms with Crippen molar-refractivity contribution in [2.75, 3.05) is 18.0 Å². The summed E-state index contributed by atoms with van der Waals surface area (Å²) in [4.78, 5) is 11.9. The maximum atomic E-state index is 12.7. The number of carbonyl (C=O) groups excluding carboxylic acids is 1. The molecule has 0 N–H and O–H groups in total. The molecule has 0 aromatic heterocycles. The van der Waals surface area contributed by atoms with E-state index < -0.39 is 16.0 Å². The third-order valence-corrected chi connectivity index (χ3v) is 5.10. The Balaban J connectivity index is 2.30. The number of carbonyl (C=O) groups is 1. The summed E-state index contributed by atoms with van der Waals surface area (Å²) < 4.78 is 31.5. The SMILES string of the molecule is C=C(Cl)COC(=O)c1cccc(S(=O)(=O)N(C)c2ccccc2)c1. The number of benzene rings is 2. The van der Waals surface area contributed by atoms with Crippen LogP contribution in [-0.2, 0) is 14.8 Å². The first-order valence-corrected chi connectivity index (χ1v) is 8.78. The zero-order valence-corrected chi connectivity index (χ0v) is 14.5. The molecule has 0 aliphatic rings. The summed E-state index contributed by atoms with van der Waals surface area (Å²) in [7, 11) is -2.35. The molecule has 2 aromatic rings. The molecule has 0 aliphatic carbocycles. The molecule has 0 radical (unpaired) electrons. The normalized spacial score (nSPS) is 10.9. The summed E-state index contributed by atoms with van der Waals surface area (Å²) in [5.41, 5.74) is 0.638. The van der Waals surface area contributed by atoms with E-state index in [9.17, 15) is 13.2 Å². The van der Waals surface area contributed by atoms with Gasteiger partial charge in [-0.15, -0.1) is 0 Å². The second-order valence-electron chi connectivity index (χ2n) is 4.93. The van der Waals surface area contributed by atoms with Gasteiger partial charge in [0, 0.05) is 12.1 Å². The van der Waals surface area contributed by atoms with E-state index in [4.69, 9.17) is 16.3 Å². The lowest BCUT2D eigenvalue weighted by Crippen LogP contribution is -2.26. The van der Waals surface area contributed by atoms with Gasteiger partial charge in [-0.2, -0.15) is 0 Å². The first-order chi connectivity index (χ1) is 11.3. The molecule has 0 bridgehead atoms. The average molecular weight is 366 g/mol. The van der Waals surface area contributed by atoms with E-state index in [0.29, 0.717) is 5.69 Å². The summed E-state index contributed by atoms with van der Waals surface area (Å²) in [5, 5.41) is 0.177. The van der Waals surface area contributed by atoms with Gasteiger partial charge in [-0.05, 0) is 30.3 Å². The molecule has 126 valence electrons. The van der Waals surface area contributed by atoms with Crippen molar-refractivity contribution in [3.63, 3.8) is 0 Å². The molecule has 0 heterocycles. The van der Waals surface area contributed by atoms with Crippen molar-refractivity contribution in [1.29, 1.82) is 0 Å². The van der Waals surface area contributed by atoms with Crippen molar-refractivity contribution in [1.82, 2.24) is 0 Å². The Morgan fingerprint density at radius 3 is 2.46 bits per heavy atom. The van der Waals surface area contributed by atoms with Crippen molar-refractivity contribution >= 4 is 33.3 Å². The molecule has 0 aliphatic heterocycles. The monoisotopic (exact) mass is 365 g/mol. The van der Waals surface area contributed by atoms with E-state index in [1.165, 1.54) is 31.3 Å². The molecule has 0 atom stereocenters. The molecule has 2 aromatic carbocycles. The number of para-hydroxylation sites is 1. The van der Waals surface area contributed by atoms with Crippen molar-refractivity contribution in [3.05, 3.63) is 71.8 Å². The van der Waals surface area contributed by atoms with Crippen LogP contribution in [0.4, 0.5) is 5.69 Å². The number of nitrogens with zero attached hydrogens (tertiary/aromatic N) is 1. The molecule has 24 heavy (non-hydrogen) atoms. The van der Waals surface area contributed by atoms with E-state index in [0.717, 1.165) is 4.31 Å². The Hall–Kier alpha value is -2.31. The summed E-state index contributed by atoms with van der Waals surface area (Å²) in [6, 6.07) is 14.3. The van der Waals surface area contributed by atoms with Crippen LogP contribution < -0.4 is 4.31 Å². The van der Waals surface area contributed by atoms with Crippen molar-refractivity contribution in [3.8, 4) is 0 Å². The topological polar surface area (TPSA) is 63.7 Å². The maximum Gasteiger partial charge on any atom is 0.338 e. The minimum atomic E-state index is -3.80. The van der Waals surface area contributed by atoms with Gasteiger partial charge >= 0.3 is 5.97 Å². The highest BCUT2D eigenvalue weighted by Crippen LogP contribution is 2.22. The summed E-state index contributed by atoms with van der Waals surface area (Å²) in [5.74, 6) is -0.670. The Morgan fingerprint density at radius 1 is 1.17 bits per heavy atom. The second kappa shape index (κ2) is 7.51. The van der Waals surface area contributed by atoms with Crippen LogP contribution in [-0.4, -0.2) is 28.0 Å². The molecular formula is C17H16ClNO4S. The van der Waals surface area contributed by atoms with Crippen LogP contribution in [0, 0.1) is 0 Å². The lowest BCUT2D eigenvalue weighted by molar-refractivity contribution is 0.0546. The molecular weight excluding hydrogens is 350 g/mol. The summed E-state index contributed by atoms with van der Waals surface area (Å²) in [6.45, 7) is 3.28. The first-order valence-electron chi connectivity index (χ1n) is 6.97. The molecule has 0 unspecified atom stereocenters. The van der Waals surface area contributed by atoms with Crippen LogP contribution in [0.25, 0.3) is 0 Å². The third kappa shape index (κ3) is 4.15. The van der Waals surface area contributed by atoms with Crippen LogP contribution in [0.1, 0.15) is 10.4 Å². The highest BCUT2D eigenvalue weighted by atomic mass is 35.5. The number of hydrogen-bond acceptors (Lipinski definition) is 4. The van der Waals surface area contributed by atoms with E-state index in [-0.39, 0.29) is 22.1 Å². The molecule has 0 saturated heterocycles. The minimum Gasteiger partial charge on any atom is -0.456 e. The summed E-state index contributed by atoms with van der Waals surface area (Å²) >= 11 is 5.55. The fourth-order valence-electron chi connectivity index (χ4n) is 1.95. The van der Waals surface area contributed by atoms with Gasteiger partial charge in [0.15, 0.2) is 0 Å². The van der Waals surface area contributed by atoms with Crippen LogP contribution >= 0.6 is 11.6 Å². The lowest BCUT2D eigenvalue weighted by Gasteiger charge is -2.19. The van der Waals surface area contributed by atoms with Crippen molar-refractivity contribution < 1.29 is 17.9 Å². The van der Waals surface area contributed by atoms with Gasteiger partial charge in [-0.25, -0.2) is 13.2 Å². The highest BCUT2D eigenvalue weighted by Gasteiger charge is 2.22. The number of esters is 1. The first kappa shape index (κ1) is 18.0. The minimum absolute atomic E-state index is 0.00648. The van der Waals surface area contributed by atoms with Gasteiger partial charge in [0.1, 0.15) is 6.61 Å². The van der Waals surface area contributed by atoms with Gasteiger partial charge in [0.2, 0.25) is 0 Å². The zero-order chi connectivity index (χ0) is 17.7. The Morgan fingerprint density at radius 2 is 1.83 bits per heavy atom. The van der Waals surface area contributed by atoms with Gasteiger partial charge in [0.25, 0.3) is 10.0 Å². The molecule has 2 rings (SSSR count). The predicted octanol–water partition coefficient (Wildman–Crippen LogP) is 3.42. The quantitative estimate of drug-likeness (QED) is 0.736. The number of halogens is 1. The Kier molecular flexibility index (Phi) is 5.64. The predicted molar refractivity (Wildman–Crippen MR) is 93.7 cm³/mol. The van der Waals surface area contributed by atoms with Crippen LogP contribution in [0.15, 0.2) is 71.1 Å². The molecule has 0 spiro atoms. The molecule has 0 amide bonds. The third-order valence-electron chi connectivity index (χ3n) is 3.21. The summed E-state index contributed by atoms with van der Waals surface area (Å²) in [6.07, 6.45) is 0. The van der Waals surface area contributed by atoms with E-state index in [2.05, 4.69) is 6.58 Å². The standard InChI is InChI=1S/C17H16ClNO4S/c1-13(18)12-23-17(20)14-7-6-10-16(11-14)24(21,22)19(2)15-8-4-3-5-9-15/h3-11H,1,12H2,2H3. The maximum absolute atomic E-state index is 12.7. The van der Waals surface area contributed by atoms with Gasteiger partial charge in [-0.3, -0.25) is 4.31 Å². The van der Waals surface area contributed by atoms with Gasteiger partial charge < -0.3 is 4.74 Å². The van der Waals surface area contributed by atoms with E-state index in [1.807, 2.05) is 0 Å². The fourth-order valence-corrected chi connectivity index (χ4v) is 3.24. The van der Waals surface area contributed by atoms with Crippen molar-refractivity contribution in [2.24, 2.45) is 0 Å². The fraction of sp³-hybridized carbons (Fsp3) is 0.118. The number of sulfonamides is 1. The number of rotatable bonds is 6. The van der Waals surface area contributed by atoms with E-state index >= 15 is 0 Å². The van der Waals surface area contributed by atoms with Gasteiger partial charge in [-0.1, -0.05) is 42.4 Å². The van der Waals surface area contributed by atoms with Crippen LogP contribution in [0.2, 0.25) is 0 Å². The second-order valence-corrected chi connectivity index (χ2v) is 7.43. The molecule has 5 nitrogen and oxygen atoms in total. The van der Waals surface area contributed by atoms with Crippen LogP contribution in [0.3, 0.4) is 0 Å². The number of ether oxygens (including phenoxy) is 1. The molecule has 7 heteroatoms. The Labute approximate surface area is 146 Å². The molecule has 0 fully saturated rings. The smallest absolute Gasteiger partial charge is 0.338 e. The largest absolute Gasteiger partial charge is 0.456 e. The van der Waals surface area contributed by atoms with Crippen molar-refractivity contribution in [2.45, 2.75) is 4.90 Å². The van der Waals surface area contributed by atoms with Gasteiger partial charge in [0.05, 0.1) is 16.1 Å². The number of hydrogen-bond donors (Lipinski definition) is 0. The highest BCUT2D eigenvalue weighted by molar-refractivity contribution is 7.92. The average Bonchev–Trinajstić information content (AvgIpc) is 2.59. The number of anilines is 1. The van der Waals surface area contributed by atoms with Crippen LogP contribution in [0.5, 0.6) is 0 Å². The molecule has 0 saturated carbocycles. The lowest BCUT2D eigenvalue weighted by atomic mass is 10.2. The van der Waals surface area contributed by atoms with E-state index in [1.54, 1.807) is 30.3 Å². The Bertz CT molecular complexity index is 850. The zero-order valence-electron chi connectivity index (χ0n) is 13.0.